The molecule has 10 heteroatoms. The summed E-state index contributed by atoms with van der Waals surface area (Å²) in [6, 6.07) is 3.92. The Morgan fingerprint density at radius 3 is 2.78 bits per heavy atom. The molecule has 2 aliphatic heterocycles. The number of hydrogen-bond donors (Lipinski definition) is 1. The zero-order chi connectivity index (χ0) is 25.6. The van der Waals surface area contributed by atoms with Crippen molar-refractivity contribution in [2.75, 3.05) is 19.8 Å². The van der Waals surface area contributed by atoms with E-state index in [0.717, 1.165) is 28.8 Å². The molecule has 4 heterocycles. The van der Waals surface area contributed by atoms with Crippen LogP contribution in [0.4, 0.5) is 0 Å². The number of H-pyrrole nitrogens is 1. The highest BCUT2D eigenvalue weighted by Gasteiger charge is 2.33. The molecule has 0 spiro atoms. The predicted octanol–water partition coefficient (Wildman–Crippen LogP) is 3.85. The van der Waals surface area contributed by atoms with Crippen LogP contribution in [0.1, 0.15) is 59.1 Å². The summed E-state index contributed by atoms with van der Waals surface area (Å²) >= 11 is 6.79. The standard InChI is InChI=1S/C26H30ClN5O4/c1-14(2)36-22-10-19(21-12-32(30-29-21)17-6-8-35-13-17)18-5-7-31(26(34)23(18)24(22)27)11-20-15(3)9-16(4)28-25(20)33/h9-10,12,14,17H,5-8,11,13H2,1-4H3,(H,28,33). The lowest BCUT2D eigenvalue weighted by molar-refractivity contribution is 0.0725. The second-order valence-electron chi connectivity index (χ2n) is 9.78. The van der Waals surface area contributed by atoms with Gasteiger partial charge >= 0.3 is 0 Å². The molecule has 1 unspecified atom stereocenters. The molecule has 0 radical (unpaired) electrons. The van der Waals surface area contributed by atoms with Crippen LogP contribution < -0.4 is 10.3 Å². The number of aromatic nitrogens is 4. The third-order valence-electron chi connectivity index (χ3n) is 6.74. The average molecular weight is 512 g/mol. The summed E-state index contributed by atoms with van der Waals surface area (Å²) in [6.45, 7) is 9.52. The van der Waals surface area contributed by atoms with E-state index < -0.39 is 0 Å². The largest absolute Gasteiger partial charge is 0.489 e. The Labute approximate surface area is 214 Å². The molecule has 1 fully saturated rings. The first kappa shape index (κ1) is 24.5. The van der Waals surface area contributed by atoms with Crippen molar-refractivity contribution in [2.24, 2.45) is 0 Å². The van der Waals surface area contributed by atoms with Crippen LogP contribution in [-0.4, -0.2) is 56.6 Å². The fourth-order valence-corrected chi connectivity index (χ4v) is 5.25. The van der Waals surface area contributed by atoms with Crippen molar-refractivity contribution in [3.63, 3.8) is 0 Å². The van der Waals surface area contributed by atoms with Crippen LogP contribution in [0.2, 0.25) is 5.02 Å². The molecule has 0 aliphatic carbocycles. The van der Waals surface area contributed by atoms with Gasteiger partial charge in [0.25, 0.3) is 11.5 Å². The van der Waals surface area contributed by atoms with E-state index in [9.17, 15) is 9.59 Å². The van der Waals surface area contributed by atoms with Crippen LogP contribution >= 0.6 is 11.6 Å². The van der Waals surface area contributed by atoms with Crippen LogP contribution in [0.25, 0.3) is 11.3 Å². The van der Waals surface area contributed by atoms with Gasteiger partial charge in [-0.3, -0.25) is 9.59 Å². The smallest absolute Gasteiger partial charge is 0.256 e. The molecule has 2 aromatic heterocycles. The van der Waals surface area contributed by atoms with Gasteiger partial charge in [-0.25, -0.2) is 4.68 Å². The van der Waals surface area contributed by atoms with E-state index in [2.05, 4.69) is 15.3 Å². The summed E-state index contributed by atoms with van der Waals surface area (Å²) in [5.74, 6) is 0.200. The van der Waals surface area contributed by atoms with Crippen molar-refractivity contribution in [3.05, 3.63) is 61.7 Å². The van der Waals surface area contributed by atoms with E-state index in [-0.39, 0.29) is 35.2 Å². The summed E-state index contributed by atoms with van der Waals surface area (Å²) in [6.07, 6.45) is 3.21. The number of pyridine rings is 1. The summed E-state index contributed by atoms with van der Waals surface area (Å²) in [7, 11) is 0. The first-order chi connectivity index (χ1) is 17.2. The van der Waals surface area contributed by atoms with E-state index >= 15 is 0 Å². The normalized spacial score (nSPS) is 17.7. The van der Waals surface area contributed by atoms with Gasteiger partial charge in [0.05, 0.1) is 42.1 Å². The SMILES string of the molecule is Cc1cc(C)c(CN2CCc3c(-c4cn(C5CCOC5)nn4)cc(OC(C)C)c(Cl)c3C2=O)c(=O)[nH]1. The number of fused-ring (bicyclic) bond motifs is 1. The number of nitrogens with zero attached hydrogens (tertiary/aromatic N) is 4. The minimum atomic E-state index is -0.229. The number of halogens is 1. The van der Waals surface area contributed by atoms with Gasteiger partial charge in [0.15, 0.2) is 0 Å². The zero-order valence-electron chi connectivity index (χ0n) is 20.9. The number of ether oxygens (including phenoxy) is 2. The fourth-order valence-electron chi connectivity index (χ4n) is 4.96. The number of carbonyl (C=O) groups is 1. The Bertz CT molecular complexity index is 1370. The molecule has 1 saturated heterocycles. The lowest BCUT2D eigenvalue weighted by Gasteiger charge is -2.31. The fraction of sp³-hybridized carbons (Fsp3) is 0.462. The van der Waals surface area contributed by atoms with E-state index in [1.54, 1.807) is 4.90 Å². The number of amides is 1. The molecular weight excluding hydrogens is 482 g/mol. The number of benzene rings is 1. The second kappa shape index (κ2) is 9.71. The molecule has 1 aromatic carbocycles. The third-order valence-corrected chi connectivity index (χ3v) is 7.12. The number of nitrogens with one attached hydrogen (secondary N) is 1. The second-order valence-corrected chi connectivity index (χ2v) is 10.2. The van der Waals surface area contributed by atoms with E-state index in [1.165, 1.54) is 0 Å². The molecule has 2 aliphatic rings. The maximum atomic E-state index is 13.8. The average Bonchev–Trinajstić information content (AvgIpc) is 3.51. The molecule has 36 heavy (non-hydrogen) atoms. The summed E-state index contributed by atoms with van der Waals surface area (Å²) in [5, 5.41) is 9.03. The number of carbonyl (C=O) groups excluding carboxylic acids is 1. The molecule has 1 atom stereocenters. The van der Waals surface area contributed by atoms with Gasteiger partial charge in [-0.05, 0) is 63.8 Å². The van der Waals surface area contributed by atoms with Crippen LogP contribution in [0, 0.1) is 13.8 Å². The molecule has 190 valence electrons. The maximum Gasteiger partial charge on any atom is 0.256 e. The Balaban J connectivity index is 1.56. The minimum Gasteiger partial charge on any atom is -0.489 e. The lowest BCUT2D eigenvalue weighted by Crippen LogP contribution is -2.39. The maximum absolute atomic E-state index is 13.8. The zero-order valence-corrected chi connectivity index (χ0v) is 21.7. The molecule has 3 aromatic rings. The minimum absolute atomic E-state index is 0.136. The van der Waals surface area contributed by atoms with Crippen molar-refractivity contribution < 1.29 is 14.3 Å². The Morgan fingerprint density at radius 1 is 1.28 bits per heavy atom. The predicted molar refractivity (Wildman–Crippen MR) is 136 cm³/mol. The van der Waals surface area contributed by atoms with Crippen molar-refractivity contribution in [2.45, 2.75) is 59.2 Å². The van der Waals surface area contributed by atoms with Gasteiger partial charge in [-0.15, -0.1) is 5.10 Å². The van der Waals surface area contributed by atoms with Crippen molar-refractivity contribution in [3.8, 4) is 17.0 Å². The quantitative estimate of drug-likeness (QED) is 0.539. The Hall–Kier alpha value is -3.17. The van der Waals surface area contributed by atoms with Crippen molar-refractivity contribution in [1.82, 2.24) is 24.9 Å². The van der Waals surface area contributed by atoms with Crippen molar-refractivity contribution >= 4 is 17.5 Å². The lowest BCUT2D eigenvalue weighted by atomic mass is 9.91. The number of aromatic amines is 1. The molecule has 5 rings (SSSR count). The van der Waals surface area contributed by atoms with Gasteiger partial charge < -0.3 is 19.4 Å². The monoisotopic (exact) mass is 511 g/mol. The summed E-state index contributed by atoms with van der Waals surface area (Å²) in [5.41, 5.74) is 4.70. The molecule has 1 amide bonds. The van der Waals surface area contributed by atoms with Gasteiger partial charge in [-0.2, -0.15) is 0 Å². The number of aryl methyl sites for hydroxylation is 2. The van der Waals surface area contributed by atoms with Gasteiger partial charge in [0.1, 0.15) is 11.4 Å². The summed E-state index contributed by atoms with van der Waals surface area (Å²) in [4.78, 5) is 30.9. The topological polar surface area (TPSA) is 102 Å². The number of hydrogen-bond acceptors (Lipinski definition) is 6. The highest BCUT2D eigenvalue weighted by Crippen LogP contribution is 2.41. The van der Waals surface area contributed by atoms with Gasteiger partial charge in [-0.1, -0.05) is 16.8 Å². The van der Waals surface area contributed by atoms with Crippen LogP contribution in [0.3, 0.4) is 0 Å². The summed E-state index contributed by atoms with van der Waals surface area (Å²) < 4.78 is 13.3. The van der Waals surface area contributed by atoms with E-state index in [4.69, 9.17) is 21.1 Å². The highest BCUT2D eigenvalue weighted by atomic mass is 35.5. The van der Waals surface area contributed by atoms with E-state index in [0.29, 0.717) is 48.7 Å². The molecule has 1 N–H and O–H groups in total. The van der Waals surface area contributed by atoms with Crippen molar-refractivity contribution in [1.29, 1.82) is 0 Å². The van der Waals surface area contributed by atoms with Crippen LogP contribution in [0.15, 0.2) is 23.1 Å². The van der Waals surface area contributed by atoms with Gasteiger partial charge in [0.2, 0.25) is 0 Å². The highest BCUT2D eigenvalue weighted by molar-refractivity contribution is 6.35. The molecular formula is C26H30ClN5O4. The third kappa shape index (κ3) is 4.53. The van der Waals surface area contributed by atoms with Crippen LogP contribution in [-0.2, 0) is 17.7 Å². The van der Waals surface area contributed by atoms with E-state index in [1.807, 2.05) is 50.7 Å². The molecule has 9 nitrogen and oxygen atoms in total. The number of rotatable bonds is 6. The Kier molecular flexibility index (Phi) is 6.61. The Morgan fingerprint density at radius 2 is 2.08 bits per heavy atom. The first-order valence-corrected chi connectivity index (χ1v) is 12.6. The molecule has 0 bridgehead atoms. The van der Waals surface area contributed by atoms with Gasteiger partial charge in [0, 0.05) is 30.0 Å². The first-order valence-electron chi connectivity index (χ1n) is 12.2. The van der Waals surface area contributed by atoms with Crippen LogP contribution in [0.5, 0.6) is 5.75 Å². The molecule has 0 saturated carbocycles.